The molecule has 1 aromatic heterocycles. The van der Waals surface area contributed by atoms with E-state index in [9.17, 15) is 14.7 Å². The minimum Gasteiger partial charge on any atom is -0.496 e. The van der Waals surface area contributed by atoms with Crippen molar-refractivity contribution in [2.24, 2.45) is 0 Å². The first-order valence-electron chi connectivity index (χ1n) is 12.6. The van der Waals surface area contributed by atoms with Crippen LogP contribution >= 0.6 is 11.6 Å². The Labute approximate surface area is 229 Å². The molecule has 2 heterocycles. The molecule has 0 saturated carbocycles. The number of aromatic nitrogens is 2. The second kappa shape index (κ2) is 10.6. The number of piperazine rings is 1. The summed E-state index contributed by atoms with van der Waals surface area (Å²) in [5.74, 6) is 0.329. The molecule has 0 aliphatic carbocycles. The van der Waals surface area contributed by atoms with Crippen molar-refractivity contribution in [3.63, 3.8) is 0 Å². The smallest absolute Gasteiger partial charge is 0.407 e. The Hall–Kier alpha value is -4.11. The minimum absolute atomic E-state index is 0.116. The molecule has 0 radical (unpaired) electrons. The molecule has 4 aromatic rings. The Bertz CT molecular complexity index is 1630. The van der Waals surface area contributed by atoms with Crippen LogP contribution in [0.5, 0.6) is 5.75 Å². The number of benzene rings is 3. The van der Waals surface area contributed by atoms with Crippen molar-refractivity contribution in [1.82, 2.24) is 14.5 Å². The van der Waals surface area contributed by atoms with Crippen LogP contribution < -0.4 is 15.3 Å². The van der Waals surface area contributed by atoms with Gasteiger partial charge in [0.25, 0.3) is 0 Å². The number of carbonyl (C=O) groups is 1. The van der Waals surface area contributed by atoms with E-state index in [0.29, 0.717) is 46.8 Å². The molecule has 1 saturated heterocycles. The van der Waals surface area contributed by atoms with E-state index in [-0.39, 0.29) is 29.6 Å². The summed E-state index contributed by atoms with van der Waals surface area (Å²) in [7, 11) is 1.46. The van der Waals surface area contributed by atoms with Crippen LogP contribution in [0, 0.1) is 5.82 Å². The van der Waals surface area contributed by atoms with E-state index in [1.807, 2.05) is 43.0 Å². The number of fused-ring (bicyclic) bond motifs is 1. The second-order valence-corrected chi connectivity index (χ2v) is 10.1. The zero-order valence-electron chi connectivity index (χ0n) is 21.8. The van der Waals surface area contributed by atoms with Crippen LogP contribution in [0.3, 0.4) is 0 Å². The average Bonchev–Trinajstić information content (AvgIpc) is 2.92. The fourth-order valence-electron chi connectivity index (χ4n) is 5.12. The third kappa shape index (κ3) is 4.78. The Kier molecular flexibility index (Phi) is 7.18. The fourth-order valence-corrected chi connectivity index (χ4v) is 5.38. The lowest BCUT2D eigenvalue weighted by Crippen LogP contribution is -2.49. The number of rotatable bonds is 5. The van der Waals surface area contributed by atoms with E-state index < -0.39 is 17.6 Å². The van der Waals surface area contributed by atoms with Crippen molar-refractivity contribution in [1.29, 1.82) is 0 Å². The van der Waals surface area contributed by atoms with Crippen LogP contribution in [0.4, 0.5) is 15.0 Å². The van der Waals surface area contributed by atoms with Gasteiger partial charge in [0.1, 0.15) is 17.4 Å². The highest BCUT2D eigenvalue weighted by Gasteiger charge is 2.26. The molecule has 0 unspecified atom stereocenters. The molecule has 10 heteroatoms. The molecule has 5 rings (SSSR count). The number of hydrogen-bond acceptors (Lipinski definition) is 5. The van der Waals surface area contributed by atoms with E-state index in [1.54, 1.807) is 24.3 Å². The van der Waals surface area contributed by atoms with Gasteiger partial charge < -0.3 is 19.6 Å². The molecule has 1 fully saturated rings. The number of ether oxygens (including phenoxy) is 1. The van der Waals surface area contributed by atoms with Gasteiger partial charge in [-0.05, 0) is 41.8 Å². The van der Waals surface area contributed by atoms with Gasteiger partial charge >= 0.3 is 11.8 Å². The SMILES string of the molecule is COc1cccc(F)c1-c1cc2c(cc1Cl)c(N1CCN(C(=O)O)CC1)nc(=O)n2-c1ccccc1C(C)C. The summed E-state index contributed by atoms with van der Waals surface area (Å²) in [5.41, 5.74) is 2.19. The Morgan fingerprint density at radius 3 is 2.46 bits per heavy atom. The predicted octanol–water partition coefficient (Wildman–Crippen LogP) is 5.78. The molecule has 0 spiro atoms. The van der Waals surface area contributed by atoms with E-state index in [1.165, 1.54) is 22.6 Å². The average molecular weight is 551 g/mol. The molecule has 1 amide bonds. The van der Waals surface area contributed by atoms with Crippen molar-refractivity contribution in [3.05, 3.63) is 81.5 Å². The van der Waals surface area contributed by atoms with Crippen LogP contribution in [0.15, 0.2) is 59.4 Å². The summed E-state index contributed by atoms with van der Waals surface area (Å²) >= 11 is 6.79. The maximum atomic E-state index is 15.2. The van der Waals surface area contributed by atoms with Crippen LogP contribution in [0.1, 0.15) is 25.3 Å². The van der Waals surface area contributed by atoms with Gasteiger partial charge in [-0.25, -0.2) is 14.0 Å². The summed E-state index contributed by atoms with van der Waals surface area (Å²) in [6.07, 6.45) is -0.986. The zero-order valence-corrected chi connectivity index (χ0v) is 22.6. The predicted molar refractivity (Wildman–Crippen MR) is 150 cm³/mol. The van der Waals surface area contributed by atoms with Gasteiger partial charge in [-0.15, -0.1) is 0 Å². The quantitative estimate of drug-likeness (QED) is 0.339. The molecule has 0 atom stereocenters. The van der Waals surface area contributed by atoms with E-state index in [0.717, 1.165) is 5.56 Å². The highest BCUT2D eigenvalue weighted by atomic mass is 35.5. The standard InChI is InChI=1S/C29H28ClFN4O4/c1-17(2)18-7-4-5-9-23(18)35-24-16-19(26-22(31)8-6-10-25(26)39-3)21(30)15-20(24)27(32-28(35)36)33-11-13-34(14-12-33)29(37)38/h4-10,15-17H,11-14H2,1-3H3,(H,37,38). The second-order valence-electron chi connectivity index (χ2n) is 9.69. The molecule has 202 valence electrons. The van der Waals surface area contributed by atoms with Crippen molar-refractivity contribution in [2.75, 3.05) is 38.2 Å². The molecular weight excluding hydrogens is 523 g/mol. The Morgan fingerprint density at radius 1 is 1.08 bits per heavy atom. The Morgan fingerprint density at radius 2 is 1.79 bits per heavy atom. The largest absolute Gasteiger partial charge is 0.496 e. The number of nitrogens with zero attached hydrogens (tertiary/aromatic N) is 4. The maximum Gasteiger partial charge on any atom is 0.407 e. The summed E-state index contributed by atoms with van der Waals surface area (Å²) in [4.78, 5) is 32.9. The summed E-state index contributed by atoms with van der Waals surface area (Å²) in [5, 5.41) is 10.2. The van der Waals surface area contributed by atoms with Crippen LogP contribution in [0.25, 0.3) is 27.7 Å². The first-order valence-corrected chi connectivity index (χ1v) is 13.0. The van der Waals surface area contributed by atoms with Gasteiger partial charge in [-0.3, -0.25) is 4.57 Å². The van der Waals surface area contributed by atoms with Gasteiger partial charge in [0, 0.05) is 42.2 Å². The van der Waals surface area contributed by atoms with Gasteiger partial charge in [0.05, 0.1) is 23.9 Å². The van der Waals surface area contributed by atoms with Crippen LogP contribution in [-0.4, -0.2) is 58.9 Å². The van der Waals surface area contributed by atoms with Crippen LogP contribution in [0.2, 0.25) is 5.02 Å². The highest BCUT2D eigenvalue weighted by molar-refractivity contribution is 6.34. The van der Waals surface area contributed by atoms with E-state index in [4.69, 9.17) is 16.3 Å². The molecule has 3 aromatic carbocycles. The third-order valence-corrected chi connectivity index (χ3v) is 7.39. The number of amides is 1. The number of para-hydroxylation sites is 1. The molecule has 1 N–H and O–H groups in total. The van der Waals surface area contributed by atoms with Crippen molar-refractivity contribution >= 4 is 34.4 Å². The lowest BCUT2D eigenvalue weighted by molar-refractivity contribution is 0.142. The summed E-state index contributed by atoms with van der Waals surface area (Å²) in [6, 6.07) is 15.5. The minimum atomic E-state index is -0.986. The molecule has 1 aliphatic rings. The highest BCUT2D eigenvalue weighted by Crippen LogP contribution is 2.41. The molecule has 0 bridgehead atoms. The van der Waals surface area contributed by atoms with Gasteiger partial charge in [-0.1, -0.05) is 49.7 Å². The summed E-state index contributed by atoms with van der Waals surface area (Å²) in [6.45, 7) is 5.36. The first kappa shape index (κ1) is 26.5. The van der Waals surface area contributed by atoms with E-state index >= 15 is 4.39 Å². The number of methoxy groups -OCH3 is 1. The normalized spacial score (nSPS) is 13.8. The number of hydrogen-bond donors (Lipinski definition) is 1. The fraction of sp³-hybridized carbons (Fsp3) is 0.276. The van der Waals surface area contributed by atoms with Crippen LogP contribution in [-0.2, 0) is 0 Å². The van der Waals surface area contributed by atoms with Crippen molar-refractivity contribution in [2.45, 2.75) is 19.8 Å². The van der Waals surface area contributed by atoms with E-state index in [2.05, 4.69) is 4.98 Å². The monoisotopic (exact) mass is 550 g/mol. The topological polar surface area (TPSA) is 87.9 Å². The third-order valence-electron chi connectivity index (χ3n) is 7.07. The lowest BCUT2D eigenvalue weighted by atomic mass is 9.99. The summed E-state index contributed by atoms with van der Waals surface area (Å²) < 4.78 is 22.1. The van der Waals surface area contributed by atoms with Gasteiger partial charge in [0.15, 0.2) is 0 Å². The number of halogens is 2. The number of anilines is 1. The zero-order chi connectivity index (χ0) is 27.8. The van der Waals surface area contributed by atoms with Crippen molar-refractivity contribution in [3.8, 4) is 22.6 Å². The first-order chi connectivity index (χ1) is 18.7. The molecule has 1 aliphatic heterocycles. The molecule has 39 heavy (non-hydrogen) atoms. The molecule has 8 nitrogen and oxygen atoms in total. The molecular formula is C29H28ClFN4O4. The Balaban J connectivity index is 1.81. The number of carboxylic acid groups (broad SMARTS) is 1. The lowest BCUT2D eigenvalue weighted by Gasteiger charge is -2.34. The van der Waals surface area contributed by atoms with Gasteiger partial charge in [-0.2, -0.15) is 4.98 Å². The maximum absolute atomic E-state index is 15.2. The van der Waals surface area contributed by atoms with Crippen molar-refractivity contribution < 1.29 is 19.0 Å². The van der Waals surface area contributed by atoms with Gasteiger partial charge in [0.2, 0.25) is 0 Å².